The summed E-state index contributed by atoms with van der Waals surface area (Å²) >= 11 is 0. The average Bonchev–Trinajstić information content (AvgIpc) is 2.58. The molecule has 0 atom stereocenters. The van der Waals surface area contributed by atoms with E-state index in [2.05, 4.69) is 41.8 Å². The van der Waals surface area contributed by atoms with Crippen LogP contribution in [-0.4, -0.2) is 25.7 Å². The lowest BCUT2D eigenvalue weighted by Gasteiger charge is -2.12. The van der Waals surface area contributed by atoms with Crippen molar-refractivity contribution in [2.75, 3.05) is 19.7 Å². The van der Waals surface area contributed by atoms with E-state index >= 15 is 0 Å². The van der Waals surface area contributed by atoms with Crippen LogP contribution in [0.4, 0.5) is 4.79 Å². The van der Waals surface area contributed by atoms with Crippen molar-refractivity contribution in [2.45, 2.75) is 33.6 Å². The quantitative estimate of drug-likeness (QED) is 0.716. The molecule has 0 unspecified atom stereocenters. The Bertz CT molecular complexity index is 661. The fraction of sp³-hybridized carbons (Fsp3) is 0.381. The van der Waals surface area contributed by atoms with Crippen LogP contribution in [0.2, 0.25) is 0 Å². The number of hydrogen-bond acceptors (Lipinski definition) is 2. The number of para-hydroxylation sites is 1. The monoisotopic (exact) mass is 340 g/mol. The maximum Gasteiger partial charge on any atom is 0.314 e. The molecule has 0 heterocycles. The Morgan fingerprint density at radius 3 is 2.24 bits per heavy atom. The van der Waals surface area contributed by atoms with Crippen LogP contribution >= 0.6 is 0 Å². The van der Waals surface area contributed by atoms with E-state index in [-0.39, 0.29) is 6.03 Å². The first kappa shape index (κ1) is 18.8. The van der Waals surface area contributed by atoms with E-state index in [1.54, 1.807) is 0 Å². The smallest absolute Gasteiger partial charge is 0.314 e. The molecule has 0 saturated heterocycles. The van der Waals surface area contributed by atoms with Crippen LogP contribution in [-0.2, 0) is 6.42 Å². The van der Waals surface area contributed by atoms with Crippen LogP contribution in [0.5, 0.6) is 5.75 Å². The second-order valence-electron chi connectivity index (χ2n) is 6.34. The zero-order valence-electron chi connectivity index (χ0n) is 15.4. The van der Waals surface area contributed by atoms with Crippen LogP contribution in [0.15, 0.2) is 42.5 Å². The third-order valence-corrected chi connectivity index (χ3v) is 4.08. The molecule has 0 aliphatic rings. The zero-order chi connectivity index (χ0) is 18.1. The van der Waals surface area contributed by atoms with Gasteiger partial charge in [0.2, 0.25) is 0 Å². The number of nitrogens with one attached hydrogen (secondary N) is 2. The molecule has 0 spiro atoms. The van der Waals surface area contributed by atoms with E-state index in [4.69, 9.17) is 4.74 Å². The van der Waals surface area contributed by atoms with Gasteiger partial charge in [-0.3, -0.25) is 0 Å². The number of carbonyl (C=O) groups is 1. The third kappa shape index (κ3) is 6.49. The number of benzene rings is 2. The molecular formula is C21H28N2O2. The van der Waals surface area contributed by atoms with Crippen LogP contribution in [0.1, 0.15) is 28.7 Å². The molecular weight excluding hydrogens is 312 g/mol. The predicted octanol–water partition coefficient (Wildman–Crippen LogP) is 3.92. The molecule has 2 N–H and O–H groups in total. The highest BCUT2D eigenvalue weighted by Crippen LogP contribution is 2.22. The highest BCUT2D eigenvalue weighted by molar-refractivity contribution is 5.73. The lowest BCUT2D eigenvalue weighted by Crippen LogP contribution is -2.37. The molecule has 0 aliphatic heterocycles. The predicted molar refractivity (Wildman–Crippen MR) is 102 cm³/mol. The second kappa shape index (κ2) is 9.72. The minimum Gasteiger partial charge on any atom is -0.493 e. The van der Waals surface area contributed by atoms with E-state index in [0.717, 1.165) is 29.7 Å². The molecule has 0 fully saturated rings. The lowest BCUT2D eigenvalue weighted by atomic mass is 10.1. The Kier molecular flexibility index (Phi) is 7.33. The van der Waals surface area contributed by atoms with Gasteiger partial charge in [0.1, 0.15) is 5.75 Å². The van der Waals surface area contributed by atoms with Gasteiger partial charge in [0, 0.05) is 13.1 Å². The Morgan fingerprint density at radius 2 is 1.56 bits per heavy atom. The van der Waals surface area contributed by atoms with E-state index in [1.165, 1.54) is 11.1 Å². The Morgan fingerprint density at radius 1 is 0.920 bits per heavy atom. The number of hydrogen-bond donors (Lipinski definition) is 2. The van der Waals surface area contributed by atoms with Gasteiger partial charge >= 0.3 is 6.03 Å². The molecule has 0 bridgehead atoms. The maximum absolute atomic E-state index is 11.8. The summed E-state index contributed by atoms with van der Waals surface area (Å²) in [6, 6.07) is 14.4. The van der Waals surface area contributed by atoms with E-state index in [0.29, 0.717) is 19.7 Å². The Labute approximate surface area is 150 Å². The van der Waals surface area contributed by atoms with Gasteiger partial charge in [-0.15, -0.1) is 0 Å². The first-order chi connectivity index (χ1) is 12.1. The number of aryl methyl sites for hydroxylation is 3. The topological polar surface area (TPSA) is 50.4 Å². The largest absolute Gasteiger partial charge is 0.493 e. The van der Waals surface area contributed by atoms with Crippen molar-refractivity contribution in [1.29, 1.82) is 0 Å². The van der Waals surface area contributed by atoms with Crippen molar-refractivity contribution in [1.82, 2.24) is 10.6 Å². The minimum absolute atomic E-state index is 0.126. The van der Waals surface area contributed by atoms with Crippen molar-refractivity contribution in [3.05, 3.63) is 64.7 Å². The molecule has 4 nitrogen and oxygen atoms in total. The third-order valence-electron chi connectivity index (χ3n) is 4.08. The minimum atomic E-state index is -0.126. The average molecular weight is 340 g/mol. The number of carbonyl (C=O) groups excluding carboxylic acids is 1. The summed E-state index contributed by atoms with van der Waals surface area (Å²) in [5.41, 5.74) is 4.76. The summed E-state index contributed by atoms with van der Waals surface area (Å²) in [4.78, 5) is 11.8. The van der Waals surface area contributed by atoms with Crippen LogP contribution in [0.25, 0.3) is 0 Å². The molecule has 2 aromatic carbocycles. The fourth-order valence-corrected chi connectivity index (χ4v) is 2.61. The number of amides is 2. The molecule has 0 aliphatic carbocycles. The van der Waals surface area contributed by atoms with Crippen LogP contribution in [0, 0.1) is 20.8 Å². The van der Waals surface area contributed by atoms with E-state index in [1.807, 2.05) is 32.0 Å². The van der Waals surface area contributed by atoms with Gasteiger partial charge in [-0.05, 0) is 50.3 Å². The highest BCUT2D eigenvalue weighted by atomic mass is 16.5. The fourth-order valence-electron chi connectivity index (χ4n) is 2.61. The summed E-state index contributed by atoms with van der Waals surface area (Å²) in [7, 11) is 0. The number of urea groups is 1. The molecule has 25 heavy (non-hydrogen) atoms. The molecule has 134 valence electrons. The summed E-state index contributed by atoms with van der Waals surface area (Å²) < 4.78 is 5.83. The highest BCUT2D eigenvalue weighted by Gasteiger charge is 2.03. The van der Waals surface area contributed by atoms with Crippen molar-refractivity contribution in [2.24, 2.45) is 0 Å². The van der Waals surface area contributed by atoms with E-state index < -0.39 is 0 Å². The standard InChI is InChI=1S/C21H28N2O2/c1-16-8-10-19(11-9-16)12-14-23-21(24)22-13-5-15-25-20-17(2)6-4-7-18(20)3/h4,6-11H,5,12-15H2,1-3H3,(H2,22,23,24). The molecule has 4 heteroatoms. The summed E-state index contributed by atoms with van der Waals surface area (Å²) in [5.74, 6) is 0.949. The SMILES string of the molecule is Cc1ccc(CCNC(=O)NCCCOc2c(C)cccc2C)cc1. The summed E-state index contributed by atoms with van der Waals surface area (Å²) in [6.07, 6.45) is 1.61. The normalized spacial score (nSPS) is 10.4. The number of ether oxygens (including phenoxy) is 1. The summed E-state index contributed by atoms with van der Waals surface area (Å²) in [5, 5.41) is 5.75. The molecule has 0 saturated carbocycles. The zero-order valence-corrected chi connectivity index (χ0v) is 15.4. The second-order valence-corrected chi connectivity index (χ2v) is 6.34. The lowest BCUT2D eigenvalue weighted by molar-refractivity contribution is 0.239. The van der Waals surface area contributed by atoms with Gasteiger partial charge < -0.3 is 15.4 Å². The molecule has 2 rings (SSSR count). The van der Waals surface area contributed by atoms with Crippen LogP contribution in [0.3, 0.4) is 0 Å². The molecule has 2 amide bonds. The Hall–Kier alpha value is -2.49. The number of rotatable bonds is 8. The van der Waals surface area contributed by atoms with E-state index in [9.17, 15) is 4.79 Å². The van der Waals surface area contributed by atoms with Crippen molar-refractivity contribution >= 4 is 6.03 Å². The van der Waals surface area contributed by atoms with Gasteiger partial charge in [0.05, 0.1) is 6.61 Å². The van der Waals surface area contributed by atoms with Crippen LogP contribution < -0.4 is 15.4 Å². The maximum atomic E-state index is 11.8. The summed E-state index contributed by atoms with van der Waals surface area (Å²) in [6.45, 7) is 7.98. The van der Waals surface area contributed by atoms with Gasteiger partial charge in [0.25, 0.3) is 0 Å². The van der Waals surface area contributed by atoms with Crippen molar-refractivity contribution in [3.8, 4) is 5.75 Å². The molecule has 0 radical (unpaired) electrons. The van der Waals surface area contributed by atoms with Crippen molar-refractivity contribution in [3.63, 3.8) is 0 Å². The molecule has 2 aromatic rings. The molecule has 0 aromatic heterocycles. The first-order valence-corrected chi connectivity index (χ1v) is 8.82. The van der Waals surface area contributed by atoms with Crippen molar-refractivity contribution < 1.29 is 9.53 Å². The van der Waals surface area contributed by atoms with Gasteiger partial charge in [0.15, 0.2) is 0 Å². The Balaban J connectivity index is 1.57. The van der Waals surface area contributed by atoms with Gasteiger partial charge in [-0.2, -0.15) is 0 Å². The first-order valence-electron chi connectivity index (χ1n) is 8.82. The van der Waals surface area contributed by atoms with Gasteiger partial charge in [-0.25, -0.2) is 4.79 Å². The van der Waals surface area contributed by atoms with Gasteiger partial charge in [-0.1, -0.05) is 48.0 Å².